The Labute approximate surface area is 380 Å². The molecule has 2 aliphatic carbocycles. The van der Waals surface area contributed by atoms with Crippen LogP contribution in [0, 0.1) is 266 Å². The van der Waals surface area contributed by atoms with E-state index in [-0.39, 0.29) is 12.8 Å². The SMILES string of the molecule is C#CC#CC#CC#CC#CC#CC#CC1CC(P(=O)(OO[O-])P(=O)([O-])[O-])C(C(C#CC#CC#CC#CC#CC#CC)C(=O)[O-])CC2(C#CC#CC#CC#CC#CC#CC#CC)CCCC12. The zero-order chi connectivity index (χ0) is 47.5. The summed E-state index contributed by atoms with van der Waals surface area (Å²) in [4.78, 5) is 38.4. The Morgan fingerprint density at radius 3 is 1.46 bits per heavy atom. The standard InChI is InChI=1S/C54H26O9P2/c1-4-7-10-13-16-19-22-24-27-30-33-36-39-44-54-45-40-43-51(54)48(41-37-34-31-28-26-23-20-17-14-11-8-5-2)46-52(64(58,63-62-57)65(59,60)61)50(47-54)49(53(55)56)42-38-35-32-29-25-21-18-15-12-9-6-3/h2,48-52,57H,40,43,45-47H2,1,3H3,(H,55,56)(H2,59,60,61)/p-4. The number of carboxylic acid groups (broad SMARTS) is 1. The molecule has 11 heteroatoms. The summed E-state index contributed by atoms with van der Waals surface area (Å²) in [6, 6.07) is 0. The minimum Gasteiger partial charge on any atom is -0.804 e. The van der Waals surface area contributed by atoms with Crippen molar-refractivity contribution in [3.05, 3.63) is 0 Å². The maximum atomic E-state index is 14.3. The second kappa shape index (κ2) is 30.0. The summed E-state index contributed by atoms with van der Waals surface area (Å²) in [5.41, 5.74) is -3.28. The number of terminal acetylenes is 1. The zero-order valence-electron chi connectivity index (χ0n) is 34.1. The summed E-state index contributed by atoms with van der Waals surface area (Å²) in [5, 5.41) is 27.6. The van der Waals surface area contributed by atoms with Crippen LogP contribution in [-0.2, 0) is 23.6 Å². The van der Waals surface area contributed by atoms with Crippen LogP contribution in [0.15, 0.2) is 0 Å². The van der Waals surface area contributed by atoms with Crippen molar-refractivity contribution < 1.29 is 43.8 Å². The van der Waals surface area contributed by atoms with Gasteiger partial charge in [0, 0.05) is 24.3 Å². The maximum absolute atomic E-state index is 14.3. The second-order valence-corrected chi connectivity index (χ2v) is 18.1. The predicted molar refractivity (Wildman–Crippen MR) is 234 cm³/mol. The average Bonchev–Trinajstić information content (AvgIpc) is 3.63. The molecule has 306 valence electrons. The van der Waals surface area contributed by atoms with Gasteiger partial charge in [-0.3, -0.25) is 9.60 Å². The van der Waals surface area contributed by atoms with Crippen molar-refractivity contribution in [2.24, 2.45) is 29.1 Å². The van der Waals surface area contributed by atoms with Crippen LogP contribution in [0.5, 0.6) is 0 Å². The Bertz CT molecular complexity index is 3380. The normalized spacial score (nSPS) is 17.9. The molecule has 2 aliphatic rings. The van der Waals surface area contributed by atoms with E-state index in [0.717, 1.165) is 0 Å². The number of aliphatic carboxylic acids is 1. The number of fused-ring (bicyclic) bond motifs is 1. The van der Waals surface area contributed by atoms with Gasteiger partial charge in [0.1, 0.15) is 0 Å². The summed E-state index contributed by atoms with van der Waals surface area (Å²) in [5.74, 6) is 89.9. The molecule has 0 amide bonds. The quantitative estimate of drug-likeness (QED) is 0.150. The van der Waals surface area contributed by atoms with E-state index in [4.69, 9.17) is 6.42 Å². The van der Waals surface area contributed by atoms with Crippen LogP contribution < -0.4 is 20.2 Å². The summed E-state index contributed by atoms with van der Waals surface area (Å²) < 4.78 is 31.3. The summed E-state index contributed by atoms with van der Waals surface area (Å²) >= 11 is 0. The lowest BCUT2D eigenvalue weighted by molar-refractivity contribution is -0.779. The molecule has 0 aromatic rings. The van der Waals surface area contributed by atoms with E-state index in [9.17, 15) is 34.1 Å². The average molecular weight is 877 g/mol. The topological polar surface area (TPSA) is 162 Å². The van der Waals surface area contributed by atoms with E-state index in [2.05, 4.69) is 241 Å². The van der Waals surface area contributed by atoms with Gasteiger partial charge in [0.2, 0.25) is 0 Å². The number of carbonyl (C=O) groups excluding carboxylic acids is 1. The van der Waals surface area contributed by atoms with E-state index in [1.165, 1.54) is 0 Å². The minimum atomic E-state index is -6.41. The Kier molecular flexibility index (Phi) is 24.1. The lowest BCUT2D eigenvalue weighted by Gasteiger charge is -2.45. The van der Waals surface area contributed by atoms with Crippen LogP contribution in [0.3, 0.4) is 0 Å². The van der Waals surface area contributed by atoms with Crippen molar-refractivity contribution in [3.8, 4) is 237 Å². The Morgan fingerprint density at radius 1 is 0.631 bits per heavy atom. The van der Waals surface area contributed by atoms with E-state index < -0.39 is 61.5 Å². The molecule has 0 N–H and O–H groups in total. The zero-order valence-corrected chi connectivity index (χ0v) is 35.9. The van der Waals surface area contributed by atoms with Crippen molar-refractivity contribution in [1.82, 2.24) is 0 Å². The third-order valence-electron chi connectivity index (χ3n) is 8.50. The molecule has 7 atom stereocenters. The van der Waals surface area contributed by atoms with Gasteiger partial charge in [0.15, 0.2) is 0 Å². The first-order chi connectivity index (χ1) is 31.5. The smallest absolute Gasteiger partial charge is 0.263 e. The van der Waals surface area contributed by atoms with Crippen molar-refractivity contribution >= 4 is 20.3 Å². The molecule has 0 saturated heterocycles. The fraction of sp³-hybridized carbons (Fsp3) is 0.241. The lowest BCUT2D eigenvalue weighted by Crippen LogP contribution is -2.42. The van der Waals surface area contributed by atoms with Gasteiger partial charge >= 0.3 is 0 Å². The molecule has 0 heterocycles. The van der Waals surface area contributed by atoms with Gasteiger partial charge in [0.25, 0.3) is 7.06 Å². The van der Waals surface area contributed by atoms with Gasteiger partial charge < -0.3 is 29.5 Å². The maximum Gasteiger partial charge on any atom is 0.263 e. The predicted octanol–water partition coefficient (Wildman–Crippen LogP) is -0.398. The molecule has 2 saturated carbocycles. The number of rotatable bonds is 6. The lowest BCUT2D eigenvalue weighted by atomic mass is 9.68. The van der Waals surface area contributed by atoms with Gasteiger partial charge in [0.05, 0.1) is 11.9 Å². The fourth-order valence-electron chi connectivity index (χ4n) is 6.24. The molecule has 0 aromatic carbocycles. The molecule has 2 rings (SSSR count). The molecule has 0 aliphatic heterocycles. The summed E-state index contributed by atoms with van der Waals surface area (Å²) in [6.45, 7) is 3.24. The van der Waals surface area contributed by atoms with Crippen LogP contribution in [0.25, 0.3) is 0 Å². The monoisotopic (exact) mass is 876 g/mol. The first-order valence-corrected chi connectivity index (χ1v) is 22.1. The third-order valence-corrected chi connectivity index (χ3v) is 14.0. The van der Waals surface area contributed by atoms with Crippen molar-refractivity contribution in [1.29, 1.82) is 0 Å². The molecular weight excluding hydrogens is 855 g/mol. The Hall–Kier alpha value is -9.07. The van der Waals surface area contributed by atoms with E-state index in [1.54, 1.807) is 13.8 Å². The molecular formula is C54H22O9P2-4. The third kappa shape index (κ3) is 18.6. The van der Waals surface area contributed by atoms with Crippen molar-refractivity contribution in [2.75, 3.05) is 0 Å². The first kappa shape index (κ1) is 52.1. The number of hydrogen-bond donors (Lipinski definition) is 0. The highest BCUT2D eigenvalue weighted by Gasteiger charge is 2.57. The highest BCUT2D eigenvalue weighted by atomic mass is 32.1. The molecule has 2 fully saturated rings. The molecule has 7 unspecified atom stereocenters. The molecule has 0 radical (unpaired) electrons. The second-order valence-electron chi connectivity index (χ2n) is 12.1. The molecule has 65 heavy (non-hydrogen) atoms. The largest absolute Gasteiger partial charge is 0.804 e. The summed E-state index contributed by atoms with van der Waals surface area (Å²) in [6.07, 6.45) is 5.26. The first-order valence-electron chi connectivity index (χ1n) is 18.1. The molecule has 0 spiro atoms. The highest BCUT2D eigenvalue weighted by Crippen LogP contribution is 2.79. The fourth-order valence-corrected chi connectivity index (χ4v) is 10.4. The van der Waals surface area contributed by atoms with E-state index in [1.807, 2.05) is 0 Å². The van der Waals surface area contributed by atoms with E-state index in [0.29, 0.717) is 12.8 Å². The van der Waals surface area contributed by atoms with Crippen LogP contribution in [0.1, 0.15) is 46.0 Å². The van der Waals surface area contributed by atoms with Crippen LogP contribution in [0.4, 0.5) is 0 Å². The Morgan fingerprint density at radius 2 is 1.05 bits per heavy atom. The minimum absolute atomic E-state index is 0.276. The number of carbonyl (C=O) groups is 1. The highest BCUT2D eigenvalue weighted by molar-refractivity contribution is 8.28. The van der Waals surface area contributed by atoms with Gasteiger partial charge in [-0.1, -0.05) is 36.0 Å². The van der Waals surface area contributed by atoms with Crippen LogP contribution >= 0.6 is 14.3 Å². The molecule has 0 bridgehead atoms. The van der Waals surface area contributed by atoms with Gasteiger partial charge in [-0.25, -0.2) is 0 Å². The van der Waals surface area contributed by atoms with Gasteiger partial charge in [-0.2, -0.15) is 4.67 Å². The van der Waals surface area contributed by atoms with Gasteiger partial charge in [-0.05, 0) is 253 Å². The van der Waals surface area contributed by atoms with Gasteiger partial charge in [-0.15, -0.1) is 6.42 Å². The van der Waals surface area contributed by atoms with Crippen molar-refractivity contribution in [3.63, 3.8) is 0 Å². The number of hydrogen-bond acceptors (Lipinski definition) is 9. The van der Waals surface area contributed by atoms with Crippen LogP contribution in [0.2, 0.25) is 0 Å². The summed E-state index contributed by atoms with van der Waals surface area (Å²) in [7, 11) is -12.2. The number of carboxylic acids is 1. The van der Waals surface area contributed by atoms with Crippen LogP contribution in [-0.4, -0.2) is 11.6 Å². The molecule has 0 aromatic heterocycles. The Balaban J connectivity index is 2.86. The molecule has 9 nitrogen and oxygen atoms in total. The van der Waals surface area contributed by atoms with E-state index >= 15 is 0 Å². The van der Waals surface area contributed by atoms with Crippen molar-refractivity contribution in [2.45, 2.75) is 51.6 Å².